The molecule has 0 spiro atoms. The molecule has 3 nitrogen and oxygen atoms in total. The molecule has 1 aromatic carbocycles. The summed E-state index contributed by atoms with van der Waals surface area (Å²) in [6.07, 6.45) is 1.90. The number of phenols is 1. The van der Waals surface area contributed by atoms with Crippen LogP contribution >= 0.6 is 22.9 Å². The van der Waals surface area contributed by atoms with Gasteiger partial charge in [-0.05, 0) is 18.2 Å². The molecule has 0 atom stereocenters. The molecule has 102 valence electrons. The van der Waals surface area contributed by atoms with Gasteiger partial charge >= 0.3 is 0 Å². The summed E-state index contributed by atoms with van der Waals surface area (Å²) in [4.78, 5) is 5.62. The van der Waals surface area contributed by atoms with E-state index in [2.05, 4.69) is 31.1 Å². The number of aromatic hydroxyl groups is 1. The molecule has 0 fully saturated rings. The van der Waals surface area contributed by atoms with E-state index in [1.165, 1.54) is 4.88 Å². The van der Waals surface area contributed by atoms with Crippen molar-refractivity contribution >= 4 is 28.6 Å². The summed E-state index contributed by atoms with van der Waals surface area (Å²) in [5.41, 5.74) is 0.971. The van der Waals surface area contributed by atoms with Crippen molar-refractivity contribution in [2.45, 2.75) is 32.7 Å². The molecule has 0 unspecified atom stereocenters. The van der Waals surface area contributed by atoms with Crippen LogP contribution in [-0.2, 0) is 12.0 Å². The summed E-state index contributed by atoms with van der Waals surface area (Å²) in [6, 6.07) is 5.09. The summed E-state index contributed by atoms with van der Waals surface area (Å²) in [5, 5.41) is 14.1. The first-order valence-corrected chi connectivity index (χ1v) is 7.23. The molecule has 1 aromatic heterocycles. The molecule has 0 radical (unpaired) electrons. The number of nitrogens with zero attached hydrogens (tertiary/aromatic N) is 1. The summed E-state index contributed by atoms with van der Waals surface area (Å²) in [7, 11) is 0. The molecule has 1 heterocycles. The average Bonchev–Trinajstić information content (AvgIpc) is 2.79. The van der Waals surface area contributed by atoms with Crippen molar-refractivity contribution in [3.63, 3.8) is 0 Å². The second kappa shape index (κ2) is 5.39. The Morgan fingerprint density at radius 1 is 1.37 bits per heavy atom. The number of hydrogen-bond donors (Lipinski definition) is 2. The van der Waals surface area contributed by atoms with E-state index >= 15 is 0 Å². The Kier molecular flexibility index (Phi) is 4.02. The van der Waals surface area contributed by atoms with Gasteiger partial charge in [0.25, 0.3) is 0 Å². The van der Waals surface area contributed by atoms with Crippen LogP contribution < -0.4 is 5.32 Å². The second-order valence-electron chi connectivity index (χ2n) is 5.40. The number of halogens is 1. The SMILES string of the molecule is CC(C)(C)c1ncc(CNc2ccc(O)c(Cl)c2)s1. The molecule has 2 N–H and O–H groups in total. The number of phenolic OH excluding ortho intramolecular Hbond substituents is 1. The Morgan fingerprint density at radius 3 is 2.68 bits per heavy atom. The highest BCUT2D eigenvalue weighted by Gasteiger charge is 2.17. The monoisotopic (exact) mass is 296 g/mol. The van der Waals surface area contributed by atoms with Crippen molar-refractivity contribution in [3.05, 3.63) is 39.3 Å². The maximum Gasteiger partial charge on any atom is 0.134 e. The zero-order valence-corrected chi connectivity index (χ0v) is 12.8. The number of hydrogen-bond acceptors (Lipinski definition) is 4. The van der Waals surface area contributed by atoms with Crippen LogP contribution in [0.2, 0.25) is 5.02 Å². The van der Waals surface area contributed by atoms with Gasteiger partial charge in [0.2, 0.25) is 0 Å². The Labute approximate surface area is 122 Å². The van der Waals surface area contributed by atoms with Gasteiger partial charge in [0.15, 0.2) is 0 Å². The first kappa shape index (κ1) is 14.2. The van der Waals surface area contributed by atoms with Crippen molar-refractivity contribution in [2.24, 2.45) is 0 Å². The first-order valence-electron chi connectivity index (χ1n) is 6.04. The lowest BCUT2D eigenvalue weighted by Crippen LogP contribution is -2.09. The third-order valence-electron chi connectivity index (χ3n) is 2.61. The fraction of sp³-hybridized carbons (Fsp3) is 0.357. The van der Waals surface area contributed by atoms with Gasteiger partial charge in [0.05, 0.1) is 16.6 Å². The fourth-order valence-corrected chi connectivity index (χ4v) is 2.63. The molecule has 0 aliphatic rings. The van der Waals surface area contributed by atoms with Gasteiger partial charge in [0, 0.05) is 22.2 Å². The summed E-state index contributed by atoms with van der Waals surface area (Å²) >= 11 is 7.57. The van der Waals surface area contributed by atoms with Crippen molar-refractivity contribution in [3.8, 4) is 5.75 Å². The topological polar surface area (TPSA) is 45.2 Å². The van der Waals surface area contributed by atoms with Crippen LogP contribution in [0, 0.1) is 0 Å². The molecule has 2 aromatic rings. The summed E-state index contributed by atoms with van der Waals surface area (Å²) < 4.78 is 0. The zero-order valence-electron chi connectivity index (χ0n) is 11.2. The van der Waals surface area contributed by atoms with E-state index in [1.54, 1.807) is 29.5 Å². The van der Waals surface area contributed by atoms with Crippen LogP contribution in [0.5, 0.6) is 5.75 Å². The summed E-state index contributed by atoms with van der Waals surface area (Å²) in [6.45, 7) is 7.17. The number of nitrogens with one attached hydrogen (secondary N) is 1. The van der Waals surface area contributed by atoms with Crippen LogP contribution in [0.15, 0.2) is 24.4 Å². The normalized spacial score (nSPS) is 11.6. The molecule has 0 saturated carbocycles. The number of rotatable bonds is 3. The lowest BCUT2D eigenvalue weighted by Gasteiger charge is -2.13. The highest BCUT2D eigenvalue weighted by Crippen LogP contribution is 2.28. The Bertz CT molecular complexity index is 575. The number of thiazole rings is 1. The number of benzene rings is 1. The van der Waals surface area contributed by atoms with Crippen LogP contribution in [0.1, 0.15) is 30.7 Å². The average molecular weight is 297 g/mol. The van der Waals surface area contributed by atoms with Crippen molar-refractivity contribution in [2.75, 3.05) is 5.32 Å². The van der Waals surface area contributed by atoms with Crippen LogP contribution in [0.4, 0.5) is 5.69 Å². The van der Waals surface area contributed by atoms with E-state index in [4.69, 9.17) is 11.6 Å². The molecular formula is C14H17ClN2OS. The minimum Gasteiger partial charge on any atom is -0.506 e. The molecule has 0 aliphatic heterocycles. The van der Waals surface area contributed by atoms with E-state index in [9.17, 15) is 5.11 Å². The Morgan fingerprint density at radius 2 is 2.11 bits per heavy atom. The molecule has 19 heavy (non-hydrogen) atoms. The van der Waals surface area contributed by atoms with Crippen molar-refractivity contribution in [1.29, 1.82) is 0 Å². The standard InChI is InChI=1S/C14H17ClN2OS/c1-14(2,3)13-17-8-10(19-13)7-16-9-4-5-12(18)11(15)6-9/h4-6,8,16,18H,7H2,1-3H3. The van der Waals surface area contributed by atoms with E-state index in [-0.39, 0.29) is 11.2 Å². The van der Waals surface area contributed by atoms with Crippen molar-refractivity contribution in [1.82, 2.24) is 4.98 Å². The maximum atomic E-state index is 9.35. The maximum absolute atomic E-state index is 9.35. The second-order valence-corrected chi connectivity index (χ2v) is 6.92. The third kappa shape index (κ3) is 3.61. The molecule has 0 saturated heterocycles. The Hall–Kier alpha value is -1.26. The van der Waals surface area contributed by atoms with Gasteiger partial charge < -0.3 is 10.4 Å². The van der Waals surface area contributed by atoms with E-state index in [0.717, 1.165) is 10.7 Å². The Balaban J connectivity index is 2.02. The van der Waals surface area contributed by atoms with Gasteiger partial charge in [-0.25, -0.2) is 4.98 Å². The lowest BCUT2D eigenvalue weighted by atomic mass is 9.98. The van der Waals surface area contributed by atoms with E-state index in [0.29, 0.717) is 11.6 Å². The van der Waals surface area contributed by atoms with Gasteiger partial charge in [-0.2, -0.15) is 0 Å². The minimum atomic E-state index is 0.0881. The quantitative estimate of drug-likeness (QED) is 0.825. The van der Waals surface area contributed by atoms with Gasteiger partial charge in [-0.15, -0.1) is 11.3 Å². The van der Waals surface area contributed by atoms with Crippen LogP contribution in [0.3, 0.4) is 0 Å². The minimum absolute atomic E-state index is 0.0881. The van der Waals surface area contributed by atoms with E-state index < -0.39 is 0 Å². The highest BCUT2D eigenvalue weighted by atomic mass is 35.5. The molecule has 0 bridgehead atoms. The van der Waals surface area contributed by atoms with Gasteiger partial charge in [-0.1, -0.05) is 32.4 Å². The van der Waals surface area contributed by atoms with Crippen LogP contribution in [0.25, 0.3) is 0 Å². The predicted octanol–water partition coefficient (Wildman–Crippen LogP) is 4.41. The molecule has 2 rings (SSSR count). The first-order chi connectivity index (χ1) is 8.86. The summed E-state index contributed by atoms with van der Waals surface area (Å²) in [5.74, 6) is 0.0972. The molecule has 0 amide bonds. The largest absolute Gasteiger partial charge is 0.506 e. The van der Waals surface area contributed by atoms with Gasteiger partial charge in [0.1, 0.15) is 5.75 Å². The highest BCUT2D eigenvalue weighted by molar-refractivity contribution is 7.11. The van der Waals surface area contributed by atoms with Crippen molar-refractivity contribution < 1.29 is 5.11 Å². The van der Waals surface area contributed by atoms with Crippen LogP contribution in [-0.4, -0.2) is 10.1 Å². The fourth-order valence-electron chi connectivity index (χ4n) is 1.54. The zero-order chi connectivity index (χ0) is 14.0. The molecular weight excluding hydrogens is 280 g/mol. The molecule has 5 heteroatoms. The van der Waals surface area contributed by atoms with Gasteiger partial charge in [-0.3, -0.25) is 0 Å². The number of anilines is 1. The number of aromatic nitrogens is 1. The molecule has 0 aliphatic carbocycles. The smallest absolute Gasteiger partial charge is 0.134 e. The van der Waals surface area contributed by atoms with E-state index in [1.807, 2.05) is 6.20 Å². The predicted molar refractivity (Wildman–Crippen MR) is 81.3 cm³/mol. The lowest BCUT2D eigenvalue weighted by molar-refractivity contribution is 0.475. The third-order valence-corrected chi connectivity index (χ3v) is 4.34.